The van der Waals surface area contributed by atoms with Gasteiger partial charge >= 0.3 is 0 Å². The Morgan fingerprint density at radius 3 is 2.94 bits per heavy atom. The molecule has 0 amide bonds. The minimum Gasteiger partial charge on any atom is -0.295 e. The van der Waals surface area contributed by atoms with E-state index in [1.54, 1.807) is 34.7 Å². The number of allylic oxidation sites excluding steroid dienone is 1. The monoisotopic (exact) mass is 253 g/mol. The molecule has 2 nitrogen and oxygen atoms in total. The number of hydrogen-bond acceptors (Lipinski definition) is 4. The minimum absolute atomic E-state index is 0.170. The van der Waals surface area contributed by atoms with E-state index < -0.39 is 0 Å². The fourth-order valence-corrected chi connectivity index (χ4v) is 2.97. The molecular weight excluding hydrogens is 238 g/mol. The molecule has 0 radical (unpaired) electrons. The SMILES string of the molecule is C=C(C)C(=O)CCCSSc1ccccn1. The van der Waals surface area contributed by atoms with Gasteiger partial charge in [-0.15, -0.1) is 0 Å². The molecule has 0 atom stereocenters. The summed E-state index contributed by atoms with van der Waals surface area (Å²) in [7, 11) is 3.38. The molecule has 0 aromatic carbocycles. The summed E-state index contributed by atoms with van der Waals surface area (Å²) >= 11 is 0. The van der Waals surface area contributed by atoms with Crippen LogP contribution in [0.5, 0.6) is 0 Å². The molecule has 1 heterocycles. The van der Waals surface area contributed by atoms with Crippen LogP contribution in [0.2, 0.25) is 0 Å². The summed E-state index contributed by atoms with van der Waals surface area (Å²) in [6.45, 7) is 5.39. The Kier molecular flexibility index (Phi) is 6.26. The first-order chi connectivity index (χ1) is 7.70. The van der Waals surface area contributed by atoms with Crippen molar-refractivity contribution in [1.82, 2.24) is 4.98 Å². The van der Waals surface area contributed by atoms with Crippen molar-refractivity contribution in [2.45, 2.75) is 24.8 Å². The van der Waals surface area contributed by atoms with Crippen LogP contribution in [0, 0.1) is 0 Å². The van der Waals surface area contributed by atoms with Gasteiger partial charge in [-0.1, -0.05) is 23.4 Å². The molecule has 0 aliphatic heterocycles. The van der Waals surface area contributed by atoms with Crippen molar-refractivity contribution in [3.63, 3.8) is 0 Å². The van der Waals surface area contributed by atoms with Crippen molar-refractivity contribution in [2.24, 2.45) is 0 Å². The van der Waals surface area contributed by atoms with Crippen LogP contribution in [0.1, 0.15) is 19.8 Å². The molecule has 86 valence electrons. The van der Waals surface area contributed by atoms with Crippen molar-refractivity contribution in [3.8, 4) is 0 Å². The van der Waals surface area contributed by atoms with Gasteiger partial charge in [0.1, 0.15) is 5.03 Å². The Labute approximate surface area is 104 Å². The van der Waals surface area contributed by atoms with E-state index in [1.165, 1.54) is 0 Å². The van der Waals surface area contributed by atoms with Crippen LogP contribution in [0.3, 0.4) is 0 Å². The second-order valence-corrected chi connectivity index (χ2v) is 5.82. The molecule has 0 saturated carbocycles. The third-order valence-corrected chi connectivity index (χ3v) is 4.24. The lowest BCUT2D eigenvalue weighted by molar-refractivity contribution is -0.115. The first-order valence-electron chi connectivity index (χ1n) is 5.09. The zero-order valence-corrected chi connectivity index (χ0v) is 10.9. The van der Waals surface area contributed by atoms with Crippen LogP contribution < -0.4 is 0 Å². The minimum atomic E-state index is 0.170. The maximum absolute atomic E-state index is 11.2. The van der Waals surface area contributed by atoms with E-state index in [9.17, 15) is 4.79 Å². The van der Waals surface area contributed by atoms with Crippen LogP contribution in [-0.2, 0) is 4.79 Å². The number of Topliss-reactive ketones (excluding diaryl/α,β-unsaturated/α-hetero) is 1. The van der Waals surface area contributed by atoms with E-state index in [2.05, 4.69) is 11.6 Å². The van der Waals surface area contributed by atoms with Crippen molar-refractivity contribution in [2.75, 3.05) is 5.75 Å². The third-order valence-electron chi connectivity index (χ3n) is 1.89. The van der Waals surface area contributed by atoms with Gasteiger partial charge in [0.2, 0.25) is 0 Å². The highest BCUT2D eigenvalue weighted by atomic mass is 33.1. The summed E-state index contributed by atoms with van der Waals surface area (Å²) in [5.41, 5.74) is 0.655. The number of ketones is 1. The van der Waals surface area contributed by atoms with Gasteiger partial charge in [0, 0.05) is 18.4 Å². The highest BCUT2D eigenvalue weighted by Crippen LogP contribution is 2.29. The van der Waals surface area contributed by atoms with Crippen molar-refractivity contribution in [3.05, 3.63) is 36.5 Å². The van der Waals surface area contributed by atoms with E-state index in [4.69, 9.17) is 0 Å². The van der Waals surface area contributed by atoms with Gasteiger partial charge in [0.15, 0.2) is 5.78 Å². The second kappa shape index (κ2) is 7.52. The van der Waals surface area contributed by atoms with Crippen LogP contribution in [0.15, 0.2) is 41.6 Å². The molecule has 0 bridgehead atoms. The van der Waals surface area contributed by atoms with Crippen LogP contribution in [0.4, 0.5) is 0 Å². The number of rotatable bonds is 7. The van der Waals surface area contributed by atoms with Crippen LogP contribution >= 0.6 is 21.6 Å². The summed E-state index contributed by atoms with van der Waals surface area (Å²) in [6.07, 6.45) is 3.29. The highest BCUT2D eigenvalue weighted by molar-refractivity contribution is 8.76. The average Bonchev–Trinajstić information content (AvgIpc) is 2.29. The molecule has 0 saturated heterocycles. The van der Waals surface area contributed by atoms with Gasteiger partial charge in [-0.25, -0.2) is 4.98 Å². The van der Waals surface area contributed by atoms with Crippen molar-refractivity contribution < 1.29 is 4.79 Å². The summed E-state index contributed by atoms with van der Waals surface area (Å²) in [4.78, 5) is 15.4. The van der Waals surface area contributed by atoms with Crippen LogP contribution in [0.25, 0.3) is 0 Å². The van der Waals surface area contributed by atoms with Crippen molar-refractivity contribution >= 4 is 27.4 Å². The zero-order chi connectivity index (χ0) is 11.8. The number of carbonyl (C=O) groups is 1. The number of carbonyl (C=O) groups excluding carboxylic acids is 1. The normalized spacial score (nSPS) is 10.1. The molecule has 0 N–H and O–H groups in total. The molecule has 0 aliphatic carbocycles. The molecule has 16 heavy (non-hydrogen) atoms. The number of nitrogens with zero attached hydrogens (tertiary/aromatic N) is 1. The fraction of sp³-hybridized carbons (Fsp3) is 0.333. The Bertz CT molecular complexity index is 351. The van der Waals surface area contributed by atoms with E-state index in [0.717, 1.165) is 17.2 Å². The summed E-state index contributed by atoms with van der Waals surface area (Å²) in [6, 6.07) is 5.86. The van der Waals surface area contributed by atoms with E-state index >= 15 is 0 Å². The largest absolute Gasteiger partial charge is 0.295 e. The topological polar surface area (TPSA) is 30.0 Å². The first-order valence-corrected chi connectivity index (χ1v) is 7.41. The molecule has 1 aromatic rings. The second-order valence-electron chi connectivity index (χ2n) is 3.38. The zero-order valence-electron chi connectivity index (χ0n) is 9.31. The Hall–Kier alpha value is -0.740. The quantitative estimate of drug-likeness (QED) is 0.420. The summed E-state index contributed by atoms with van der Waals surface area (Å²) in [5.74, 6) is 1.13. The predicted molar refractivity (Wildman–Crippen MR) is 71.6 cm³/mol. The molecule has 1 rings (SSSR count). The molecular formula is C12H15NOS2. The van der Waals surface area contributed by atoms with E-state index in [0.29, 0.717) is 12.0 Å². The predicted octanol–water partition coefficient (Wildman–Crippen LogP) is 3.75. The average molecular weight is 253 g/mol. The van der Waals surface area contributed by atoms with Gasteiger partial charge in [-0.2, -0.15) is 0 Å². The van der Waals surface area contributed by atoms with Gasteiger partial charge in [-0.3, -0.25) is 4.79 Å². The maximum atomic E-state index is 11.2. The number of aromatic nitrogens is 1. The number of hydrogen-bond donors (Lipinski definition) is 0. The Morgan fingerprint density at radius 2 is 2.31 bits per heavy atom. The molecule has 0 fully saturated rings. The Balaban J connectivity index is 2.09. The smallest absolute Gasteiger partial charge is 0.158 e. The van der Waals surface area contributed by atoms with Gasteiger partial charge in [-0.05, 0) is 41.8 Å². The van der Waals surface area contributed by atoms with Gasteiger partial charge in [0.05, 0.1) is 0 Å². The maximum Gasteiger partial charge on any atom is 0.158 e. The lowest BCUT2D eigenvalue weighted by atomic mass is 10.1. The highest BCUT2D eigenvalue weighted by Gasteiger charge is 2.02. The fourth-order valence-electron chi connectivity index (χ4n) is 1.00. The van der Waals surface area contributed by atoms with E-state index in [1.807, 2.05) is 18.2 Å². The van der Waals surface area contributed by atoms with Gasteiger partial charge in [0.25, 0.3) is 0 Å². The summed E-state index contributed by atoms with van der Waals surface area (Å²) < 4.78 is 0. The lowest BCUT2D eigenvalue weighted by Crippen LogP contribution is -1.98. The standard InChI is InChI=1S/C12H15NOS2/c1-10(2)11(14)6-5-9-15-16-12-7-3-4-8-13-12/h3-4,7-8H,1,5-6,9H2,2H3. The molecule has 1 aromatic heterocycles. The first kappa shape index (κ1) is 13.3. The molecule has 0 aliphatic rings. The van der Waals surface area contributed by atoms with Crippen molar-refractivity contribution in [1.29, 1.82) is 0 Å². The van der Waals surface area contributed by atoms with E-state index in [-0.39, 0.29) is 5.78 Å². The van der Waals surface area contributed by atoms with Gasteiger partial charge < -0.3 is 0 Å². The van der Waals surface area contributed by atoms with Crippen LogP contribution in [-0.4, -0.2) is 16.5 Å². The number of pyridine rings is 1. The third kappa shape index (κ3) is 5.37. The lowest BCUT2D eigenvalue weighted by Gasteiger charge is -2.00. The summed E-state index contributed by atoms with van der Waals surface area (Å²) in [5, 5.41) is 1.01. The molecule has 0 spiro atoms. The molecule has 0 unspecified atom stereocenters. The Morgan fingerprint density at radius 1 is 1.50 bits per heavy atom. The molecule has 4 heteroatoms.